The molecule has 184 valence electrons. The summed E-state index contributed by atoms with van der Waals surface area (Å²) < 4.78 is 13.2. The Kier molecular flexibility index (Phi) is 6.53. The number of nitrogens with zero attached hydrogens (tertiary/aromatic N) is 3. The maximum atomic E-state index is 13.4. The Labute approximate surface area is 209 Å². The van der Waals surface area contributed by atoms with Gasteiger partial charge in [0.1, 0.15) is 5.82 Å². The molecule has 6 nitrogen and oxygen atoms in total. The zero-order valence-electron chi connectivity index (χ0n) is 19.8. The largest absolute Gasteiger partial charge is 0.373 e. The van der Waals surface area contributed by atoms with Crippen LogP contribution in [0.1, 0.15) is 46.7 Å². The molecule has 1 unspecified atom stereocenters. The number of Topliss-reactive ketones (excluding diaryl/α,β-unsaturated/α-hetero) is 1. The SMILES string of the molecule is CN1CC(C(=O)C(=O)N2CCC2)c2cc(C(=O)N3CCC(Cc4ccc(F)cc4)CC3)c(Cl)cc21. The predicted molar refractivity (Wildman–Crippen MR) is 132 cm³/mol. The number of fused-ring (bicyclic) bond motifs is 1. The summed E-state index contributed by atoms with van der Waals surface area (Å²) in [4.78, 5) is 44.3. The van der Waals surface area contributed by atoms with Crippen molar-refractivity contribution in [3.8, 4) is 0 Å². The van der Waals surface area contributed by atoms with E-state index in [0.29, 0.717) is 54.8 Å². The number of likely N-dealkylation sites (N-methyl/N-ethyl adjacent to an activating group) is 1. The van der Waals surface area contributed by atoms with Crippen LogP contribution in [0.2, 0.25) is 5.02 Å². The Hall–Kier alpha value is -2.93. The number of ketones is 1. The first-order chi connectivity index (χ1) is 16.8. The topological polar surface area (TPSA) is 60.9 Å². The summed E-state index contributed by atoms with van der Waals surface area (Å²) in [6, 6.07) is 10.1. The van der Waals surface area contributed by atoms with E-state index in [2.05, 4.69) is 0 Å². The highest BCUT2D eigenvalue weighted by Crippen LogP contribution is 2.40. The standard InChI is InChI=1S/C27H29ClFN3O3/c1-30-16-22(25(33)27(35)31-9-2-10-31)20-14-21(23(28)15-24(20)30)26(34)32-11-7-18(8-12-32)13-17-3-5-19(29)6-4-17/h3-6,14-15,18,22H,2,7-13,16H2,1H3. The van der Waals surface area contributed by atoms with Gasteiger partial charge in [-0.1, -0.05) is 23.7 Å². The molecule has 0 saturated carbocycles. The smallest absolute Gasteiger partial charge is 0.290 e. The van der Waals surface area contributed by atoms with Gasteiger partial charge in [-0.2, -0.15) is 0 Å². The van der Waals surface area contributed by atoms with Crippen molar-refractivity contribution in [1.82, 2.24) is 9.80 Å². The second-order valence-electron chi connectivity index (χ2n) is 9.90. The third-order valence-corrected chi connectivity index (χ3v) is 7.91. The molecule has 0 spiro atoms. The fourth-order valence-corrected chi connectivity index (χ4v) is 5.58. The molecule has 0 aliphatic carbocycles. The van der Waals surface area contributed by atoms with E-state index >= 15 is 0 Å². The van der Waals surface area contributed by atoms with Crippen LogP contribution in [-0.2, 0) is 16.0 Å². The summed E-state index contributed by atoms with van der Waals surface area (Å²) in [5, 5.41) is 0.358. The van der Waals surface area contributed by atoms with Crippen LogP contribution in [0.25, 0.3) is 0 Å². The normalized spacial score (nSPS) is 20.0. The van der Waals surface area contributed by atoms with Crippen LogP contribution in [0, 0.1) is 11.7 Å². The molecule has 2 aromatic carbocycles. The highest BCUT2D eigenvalue weighted by Gasteiger charge is 2.39. The van der Waals surface area contributed by atoms with Gasteiger partial charge in [0, 0.05) is 45.5 Å². The summed E-state index contributed by atoms with van der Waals surface area (Å²) >= 11 is 6.54. The lowest BCUT2D eigenvalue weighted by molar-refractivity contribution is -0.147. The number of halogens is 2. The first-order valence-electron chi connectivity index (χ1n) is 12.2. The number of carbonyl (C=O) groups is 3. The van der Waals surface area contributed by atoms with Gasteiger partial charge in [0.15, 0.2) is 0 Å². The average Bonchev–Trinajstić information content (AvgIpc) is 3.13. The number of hydrogen-bond donors (Lipinski definition) is 0. The Morgan fingerprint density at radius 2 is 1.69 bits per heavy atom. The zero-order chi connectivity index (χ0) is 24.7. The number of carbonyl (C=O) groups excluding carboxylic acids is 3. The summed E-state index contributed by atoms with van der Waals surface area (Å²) in [5.74, 6) is -1.39. The third kappa shape index (κ3) is 4.66. The highest BCUT2D eigenvalue weighted by atomic mass is 35.5. The molecule has 2 aromatic rings. The Balaban J connectivity index is 1.29. The molecule has 2 fully saturated rings. The van der Waals surface area contributed by atoms with Crippen molar-refractivity contribution in [3.05, 3.63) is 63.9 Å². The van der Waals surface area contributed by atoms with Crippen molar-refractivity contribution < 1.29 is 18.8 Å². The first-order valence-corrected chi connectivity index (χ1v) is 12.6. The minimum atomic E-state index is -0.589. The van der Waals surface area contributed by atoms with E-state index in [-0.39, 0.29) is 11.7 Å². The number of hydrogen-bond acceptors (Lipinski definition) is 4. The zero-order valence-corrected chi connectivity index (χ0v) is 20.6. The fraction of sp³-hybridized carbons (Fsp3) is 0.444. The highest BCUT2D eigenvalue weighted by molar-refractivity contribution is 6.39. The minimum absolute atomic E-state index is 0.146. The van der Waals surface area contributed by atoms with Gasteiger partial charge in [-0.05, 0) is 67.0 Å². The third-order valence-electron chi connectivity index (χ3n) is 7.60. The second-order valence-corrected chi connectivity index (χ2v) is 10.3. The van der Waals surface area contributed by atoms with E-state index in [4.69, 9.17) is 11.6 Å². The van der Waals surface area contributed by atoms with Crippen molar-refractivity contribution in [2.75, 3.05) is 44.7 Å². The second kappa shape index (κ2) is 9.61. The number of benzene rings is 2. The number of likely N-dealkylation sites (tertiary alicyclic amines) is 2. The molecule has 35 heavy (non-hydrogen) atoms. The molecule has 8 heteroatoms. The number of rotatable bonds is 5. The van der Waals surface area contributed by atoms with E-state index < -0.39 is 17.6 Å². The summed E-state index contributed by atoms with van der Waals surface area (Å²) in [6.07, 6.45) is 3.51. The molecule has 0 bridgehead atoms. The van der Waals surface area contributed by atoms with Crippen LogP contribution >= 0.6 is 11.6 Å². The molecule has 0 radical (unpaired) electrons. The van der Waals surface area contributed by atoms with Crippen molar-refractivity contribution in [2.45, 2.75) is 31.6 Å². The van der Waals surface area contributed by atoms with Gasteiger partial charge >= 0.3 is 0 Å². The number of piperidine rings is 1. The van der Waals surface area contributed by atoms with E-state index in [9.17, 15) is 18.8 Å². The van der Waals surface area contributed by atoms with Gasteiger partial charge in [-0.15, -0.1) is 0 Å². The molecule has 0 N–H and O–H groups in total. The monoisotopic (exact) mass is 497 g/mol. The van der Waals surface area contributed by atoms with Gasteiger partial charge in [0.2, 0.25) is 5.78 Å². The van der Waals surface area contributed by atoms with E-state index in [1.54, 1.807) is 17.0 Å². The van der Waals surface area contributed by atoms with E-state index in [0.717, 1.165) is 36.9 Å². The van der Waals surface area contributed by atoms with Gasteiger partial charge in [0.25, 0.3) is 11.8 Å². The molecule has 2 amide bonds. The quantitative estimate of drug-likeness (QED) is 0.588. The van der Waals surface area contributed by atoms with Crippen molar-refractivity contribution in [3.63, 3.8) is 0 Å². The molecule has 1 atom stereocenters. The van der Waals surface area contributed by atoms with Crippen LogP contribution < -0.4 is 4.90 Å². The van der Waals surface area contributed by atoms with Gasteiger partial charge < -0.3 is 14.7 Å². The average molecular weight is 498 g/mol. The van der Waals surface area contributed by atoms with Crippen molar-refractivity contribution in [2.24, 2.45) is 5.92 Å². The van der Waals surface area contributed by atoms with Gasteiger partial charge in [-0.25, -0.2) is 4.39 Å². The van der Waals surface area contributed by atoms with Crippen molar-refractivity contribution in [1.29, 1.82) is 0 Å². The Morgan fingerprint density at radius 1 is 1.00 bits per heavy atom. The lowest BCUT2D eigenvalue weighted by atomic mass is 9.89. The van der Waals surface area contributed by atoms with E-state index in [1.165, 1.54) is 12.1 Å². The summed E-state index contributed by atoms with van der Waals surface area (Å²) in [6.45, 7) is 2.89. The minimum Gasteiger partial charge on any atom is -0.373 e. The molecule has 3 aliphatic heterocycles. The molecular formula is C27H29ClFN3O3. The molecular weight excluding hydrogens is 469 g/mol. The van der Waals surface area contributed by atoms with Crippen LogP contribution in [0.15, 0.2) is 36.4 Å². The van der Waals surface area contributed by atoms with Crippen LogP contribution in [0.4, 0.5) is 10.1 Å². The lowest BCUT2D eigenvalue weighted by Crippen LogP contribution is -2.47. The molecule has 0 aromatic heterocycles. The van der Waals surface area contributed by atoms with E-state index in [1.807, 2.05) is 29.0 Å². The first kappa shape index (κ1) is 23.8. The summed E-state index contributed by atoms with van der Waals surface area (Å²) in [7, 11) is 1.87. The molecule has 5 rings (SSSR count). The van der Waals surface area contributed by atoms with Gasteiger partial charge in [0.05, 0.1) is 16.5 Å². The van der Waals surface area contributed by atoms with Crippen LogP contribution in [0.3, 0.4) is 0 Å². The number of anilines is 1. The number of amides is 2. The maximum absolute atomic E-state index is 13.4. The molecule has 2 saturated heterocycles. The fourth-order valence-electron chi connectivity index (χ4n) is 5.34. The van der Waals surface area contributed by atoms with Crippen LogP contribution in [0.5, 0.6) is 0 Å². The Morgan fingerprint density at radius 3 is 2.31 bits per heavy atom. The predicted octanol–water partition coefficient (Wildman–Crippen LogP) is 3.91. The summed E-state index contributed by atoms with van der Waals surface area (Å²) in [5.41, 5.74) is 2.97. The molecule has 3 heterocycles. The Bertz CT molecular complexity index is 1160. The maximum Gasteiger partial charge on any atom is 0.290 e. The molecule has 3 aliphatic rings. The van der Waals surface area contributed by atoms with Gasteiger partial charge in [-0.3, -0.25) is 14.4 Å². The van der Waals surface area contributed by atoms with Crippen LogP contribution in [-0.4, -0.2) is 67.2 Å². The van der Waals surface area contributed by atoms with Crippen molar-refractivity contribution >= 4 is 34.9 Å². The lowest BCUT2D eigenvalue weighted by Gasteiger charge is -2.32.